The molecule has 1 unspecified atom stereocenters. The Hall–Kier alpha value is -3.10. The molecule has 0 spiro atoms. The molecular formula is C22H18N4O2S2. The Bertz CT molecular complexity index is 1190. The number of ether oxygens (including phenoxy) is 1. The lowest BCUT2D eigenvalue weighted by Crippen LogP contribution is -2.34. The number of rotatable bonds is 5. The van der Waals surface area contributed by atoms with Crippen molar-refractivity contribution in [3.63, 3.8) is 0 Å². The molecular weight excluding hydrogens is 416 g/mol. The van der Waals surface area contributed by atoms with Gasteiger partial charge in [0.2, 0.25) is 0 Å². The molecule has 1 atom stereocenters. The van der Waals surface area contributed by atoms with E-state index in [0.29, 0.717) is 11.6 Å². The summed E-state index contributed by atoms with van der Waals surface area (Å²) in [4.78, 5) is 22.6. The number of hydrogen-bond donors (Lipinski definition) is 1. The van der Waals surface area contributed by atoms with Crippen LogP contribution in [0.2, 0.25) is 0 Å². The number of nitrogens with zero attached hydrogens (tertiary/aromatic N) is 3. The molecule has 1 amide bonds. The van der Waals surface area contributed by atoms with Gasteiger partial charge in [-0.25, -0.2) is 15.0 Å². The predicted octanol–water partition coefficient (Wildman–Crippen LogP) is 4.97. The van der Waals surface area contributed by atoms with E-state index in [9.17, 15) is 4.79 Å². The minimum Gasteiger partial charge on any atom is -0.497 e. The molecule has 0 saturated carbocycles. The summed E-state index contributed by atoms with van der Waals surface area (Å²) in [5, 5.41) is 1.53. The van der Waals surface area contributed by atoms with E-state index in [1.807, 2.05) is 42.5 Å². The molecule has 150 valence electrons. The number of carbonyl (C=O) groups excluding carboxylic acids is 1. The number of thioether (sulfide) groups is 1. The molecule has 30 heavy (non-hydrogen) atoms. The van der Waals surface area contributed by atoms with Gasteiger partial charge in [0.25, 0.3) is 5.91 Å². The first-order chi connectivity index (χ1) is 14.7. The van der Waals surface area contributed by atoms with Gasteiger partial charge in [0, 0.05) is 4.88 Å². The van der Waals surface area contributed by atoms with Gasteiger partial charge in [-0.3, -0.25) is 10.2 Å². The van der Waals surface area contributed by atoms with Crippen LogP contribution in [0, 0.1) is 0 Å². The van der Waals surface area contributed by atoms with Gasteiger partial charge in [-0.05, 0) is 29.3 Å². The lowest BCUT2D eigenvalue weighted by Gasteiger charge is -2.25. The van der Waals surface area contributed by atoms with Crippen LogP contribution in [-0.2, 0) is 4.79 Å². The summed E-state index contributed by atoms with van der Waals surface area (Å²) < 4.78 is 6.17. The molecule has 1 aliphatic heterocycles. The van der Waals surface area contributed by atoms with Crippen molar-refractivity contribution in [1.82, 2.24) is 15.0 Å². The first-order valence-electron chi connectivity index (χ1n) is 9.37. The van der Waals surface area contributed by atoms with Crippen LogP contribution < -0.4 is 10.2 Å². The Balaban J connectivity index is 1.47. The van der Waals surface area contributed by atoms with E-state index in [4.69, 9.17) is 4.74 Å². The van der Waals surface area contributed by atoms with Crippen LogP contribution in [0.4, 0.5) is 5.82 Å². The van der Waals surface area contributed by atoms with E-state index >= 15 is 0 Å². The molecule has 3 heterocycles. The van der Waals surface area contributed by atoms with Crippen molar-refractivity contribution >= 4 is 45.0 Å². The average Bonchev–Trinajstić information content (AvgIpc) is 3.39. The van der Waals surface area contributed by atoms with Crippen molar-refractivity contribution in [2.75, 3.05) is 18.3 Å². The standard InChI is InChI=1S/C22H18N4O2S2/c1-28-16-9-7-15(8-10-16)22-26(19(27)12-29-22)25-21-20-17(23-13-24-21)11-18(30-20)14-5-3-2-4-6-14/h2-11,13,22H,12H2,1H3,(H,23,24,25). The van der Waals surface area contributed by atoms with Crippen LogP contribution in [0.3, 0.4) is 0 Å². The molecule has 1 fully saturated rings. The fraction of sp³-hybridized carbons (Fsp3) is 0.136. The number of carbonyl (C=O) groups is 1. The number of benzene rings is 2. The molecule has 2 aromatic carbocycles. The second-order valence-electron chi connectivity index (χ2n) is 6.73. The number of anilines is 1. The fourth-order valence-corrected chi connectivity index (χ4v) is 5.52. The zero-order valence-corrected chi connectivity index (χ0v) is 17.7. The van der Waals surface area contributed by atoms with E-state index in [0.717, 1.165) is 32.0 Å². The van der Waals surface area contributed by atoms with E-state index in [1.165, 1.54) is 6.33 Å². The zero-order chi connectivity index (χ0) is 20.5. The molecule has 1 saturated heterocycles. The van der Waals surface area contributed by atoms with Gasteiger partial charge in [-0.2, -0.15) is 0 Å². The summed E-state index contributed by atoms with van der Waals surface area (Å²) in [6.07, 6.45) is 1.53. The van der Waals surface area contributed by atoms with Crippen molar-refractivity contribution in [2.45, 2.75) is 5.37 Å². The van der Waals surface area contributed by atoms with Crippen LogP contribution in [0.5, 0.6) is 5.75 Å². The molecule has 2 aromatic heterocycles. The third-order valence-electron chi connectivity index (χ3n) is 4.86. The normalized spacial score (nSPS) is 16.2. The topological polar surface area (TPSA) is 67.3 Å². The third-order valence-corrected chi connectivity index (χ3v) is 7.26. The number of nitrogens with one attached hydrogen (secondary N) is 1. The minimum atomic E-state index is -0.137. The van der Waals surface area contributed by atoms with E-state index in [2.05, 4.69) is 33.6 Å². The quantitative estimate of drug-likeness (QED) is 0.478. The maximum atomic E-state index is 12.6. The highest BCUT2D eigenvalue weighted by molar-refractivity contribution is 8.00. The fourth-order valence-electron chi connectivity index (χ4n) is 3.35. The van der Waals surface area contributed by atoms with Crippen LogP contribution in [-0.4, -0.2) is 33.7 Å². The molecule has 6 nitrogen and oxygen atoms in total. The number of amides is 1. The number of aromatic nitrogens is 2. The molecule has 1 aliphatic rings. The maximum Gasteiger partial charge on any atom is 0.252 e. The van der Waals surface area contributed by atoms with Crippen molar-refractivity contribution in [3.05, 3.63) is 72.6 Å². The highest BCUT2D eigenvalue weighted by Crippen LogP contribution is 2.41. The smallest absolute Gasteiger partial charge is 0.252 e. The first kappa shape index (κ1) is 18.9. The van der Waals surface area contributed by atoms with Crippen molar-refractivity contribution < 1.29 is 9.53 Å². The second kappa shape index (κ2) is 7.97. The summed E-state index contributed by atoms with van der Waals surface area (Å²) >= 11 is 3.20. The summed E-state index contributed by atoms with van der Waals surface area (Å²) in [6.45, 7) is 0. The Kier molecular flexibility index (Phi) is 5.02. The minimum absolute atomic E-state index is 0.0208. The highest BCUT2D eigenvalue weighted by Gasteiger charge is 2.34. The Labute approximate surface area is 181 Å². The molecule has 8 heteroatoms. The number of thiophene rings is 1. The second-order valence-corrected chi connectivity index (χ2v) is 8.85. The van der Waals surface area contributed by atoms with E-state index in [1.54, 1.807) is 35.2 Å². The summed E-state index contributed by atoms with van der Waals surface area (Å²) in [7, 11) is 1.64. The van der Waals surface area contributed by atoms with Gasteiger partial charge in [0.05, 0.1) is 23.1 Å². The Morgan fingerprint density at radius 2 is 1.90 bits per heavy atom. The molecule has 1 N–H and O–H groups in total. The van der Waals surface area contributed by atoms with Crippen LogP contribution in [0.1, 0.15) is 10.9 Å². The Morgan fingerprint density at radius 1 is 1.10 bits per heavy atom. The molecule has 5 rings (SSSR count). The highest BCUT2D eigenvalue weighted by atomic mass is 32.2. The van der Waals surface area contributed by atoms with Crippen molar-refractivity contribution in [3.8, 4) is 16.2 Å². The van der Waals surface area contributed by atoms with Crippen molar-refractivity contribution in [2.24, 2.45) is 0 Å². The molecule has 0 bridgehead atoms. The van der Waals surface area contributed by atoms with Crippen molar-refractivity contribution in [1.29, 1.82) is 0 Å². The summed E-state index contributed by atoms with van der Waals surface area (Å²) in [6, 6.07) is 20.0. The number of methoxy groups -OCH3 is 1. The van der Waals surface area contributed by atoms with Crippen LogP contribution in [0.15, 0.2) is 67.0 Å². The molecule has 0 aliphatic carbocycles. The van der Waals surface area contributed by atoms with Gasteiger partial charge in [-0.15, -0.1) is 23.1 Å². The Morgan fingerprint density at radius 3 is 2.67 bits per heavy atom. The number of hydrazine groups is 1. The summed E-state index contributed by atoms with van der Waals surface area (Å²) in [5.74, 6) is 1.86. The SMILES string of the molecule is COc1ccc(C2SCC(=O)N2Nc2ncnc3cc(-c4ccccc4)sc23)cc1. The van der Waals surface area contributed by atoms with Gasteiger partial charge < -0.3 is 4.74 Å². The average molecular weight is 435 g/mol. The monoisotopic (exact) mass is 434 g/mol. The predicted molar refractivity (Wildman–Crippen MR) is 122 cm³/mol. The van der Waals surface area contributed by atoms with Crippen LogP contribution in [0.25, 0.3) is 20.7 Å². The van der Waals surface area contributed by atoms with E-state index < -0.39 is 0 Å². The summed E-state index contributed by atoms with van der Waals surface area (Å²) in [5.41, 5.74) is 6.29. The maximum absolute atomic E-state index is 12.6. The lowest BCUT2D eigenvalue weighted by molar-refractivity contribution is -0.126. The van der Waals surface area contributed by atoms with Gasteiger partial charge in [0.15, 0.2) is 5.82 Å². The first-order valence-corrected chi connectivity index (χ1v) is 11.2. The van der Waals surface area contributed by atoms with Gasteiger partial charge in [0.1, 0.15) is 17.5 Å². The zero-order valence-electron chi connectivity index (χ0n) is 16.1. The number of fused-ring (bicyclic) bond motifs is 1. The van der Waals surface area contributed by atoms with Crippen LogP contribution >= 0.6 is 23.1 Å². The third kappa shape index (κ3) is 3.48. The largest absolute Gasteiger partial charge is 0.497 e. The van der Waals surface area contributed by atoms with Gasteiger partial charge in [-0.1, -0.05) is 42.5 Å². The van der Waals surface area contributed by atoms with Gasteiger partial charge >= 0.3 is 0 Å². The molecule has 4 aromatic rings. The lowest BCUT2D eigenvalue weighted by atomic mass is 10.2. The van der Waals surface area contributed by atoms with E-state index in [-0.39, 0.29) is 11.3 Å². The molecule has 0 radical (unpaired) electrons. The number of hydrogen-bond acceptors (Lipinski definition) is 7.